The van der Waals surface area contributed by atoms with Crippen molar-refractivity contribution in [2.24, 2.45) is 0 Å². The fraction of sp³-hybridized carbons (Fsp3) is 0.368. The average Bonchev–Trinajstić information content (AvgIpc) is 2.67. The quantitative estimate of drug-likeness (QED) is 0.841. The van der Waals surface area contributed by atoms with Gasteiger partial charge in [-0.1, -0.05) is 12.1 Å². The number of nitrogens with zero attached hydrogens (tertiary/aromatic N) is 2. The Labute approximate surface area is 147 Å². The maximum atomic E-state index is 10.9. The van der Waals surface area contributed by atoms with Gasteiger partial charge in [-0.3, -0.25) is 0 Å². The van der Waals surface area contributed by atoms with Gasteiger partial charge in [0.15, 0.2) is 0 Å². The Balaban J connectivity index is 1.49. The molecular weight excluding hydrogens is 318 g/mol. The topological polar surface area (TPSA) is 74.7 Å². The molecule has 0 atom stereocenters. The van der Waals surface area contributed by atoms with E-state index in [4.69, 9.17) is 9.84 Å². The van der Waals surface area contributed by atoms with E-state index >= 15 is 0 Å². The molecule has 1 aliphatic heterocycles. The molecule has 3 rings (SSSR count). The highest BCUT2D eigenvalue weighted by Crippen LogP contribution is 2.19. The zero-order chi connectivity index (χ0) is 17.6. The third-order valence-corrected chi connectivity index (χ3v) is 4.54. The van der Waals surface area contributed by atoms with Crippen LogP contribution >= 0.6 is 0 Å². The molecule has 0 spiro atoms. The van der Waals surface area contributed by atoms with E-state index < -0.39 is 5.97 Å². The van der Waals surface area contributed by atoms with Crippen LogP contribution in [0.1, 0.15) is 28.8 Å². The molecule has 2 aromatic rings. The van der Waals surface area contributed by atoms with Gasteiger partial charge < -0.3 is 20.1 Å². The lowest BCUT2D eigenvalue weighted by Gasteiger charge is -2.33. The Morgan fingerprint density at radius 2 is 2.12 bits per heavy atom. The zero-order valence-corrected chi connectivity index (χ0v) is 14.3. The summed E-state index contributed by atoms with van der Waals surface area (Å²) < 4.78 is 5.25. The third kappa shape index (κ3) is 4.48. The van der Waals surface area contributed by atoms with Gasteiger partial charge in [0.05, 0.1) is 12.7 Å². The molecule has 25 heavy (non-hydrogen) atoms. The number of benzene rings is 1. The lowest BCUT2D eigenvalue weighted by atomic mass is 10.0. The molecule has 2 heterocycles. The minimum Gasteiger partial charge on any atom is -0.497 e. The van der Waals surface area contributed by atoms with Crippen molar-refractivity contribution in [3.05, 3.63) is 53.7 Å². The zero-order valence-electron chi connectivity index (χ0n) is 14.3. The summed E-state index contributed by atoms with van der Waals surface area (Å²) in [5.74, 6) is 0.778. The SMILES string of the molecule is COc1cccc(CNC2CCN(c3ccc(C(=O)O)cn3)CC2)c1. The number of piperidine rings is 1. The van der Waals surface area contributed by atoms with Crippen LogP contribution in [0.3, 0.4) is 0 Å². The summed E-state index contributed by atoms with van der Waals surface area (Å²) in [7, 11) is 1.68. The first kappa shape index (κ1) is 17.2. The molecule has 0 amide bonds. The van der Waals surface area contributed by atoms with Gasteiger partial charge in [0.1, 0.15) is 11.6 Å². The third-order valence-electron chi connectivity index (χ3n) is 4.54. The molecule has 6 nitrogen and oxygen atoms in total. The molecular formula is C19H23N3O3. The molecule has 1 saturated heterocycles. The number of anilines is 1. The molecule has 1 aliphatic rings. The van der Waals surface area contributed by atoms with Crippen LogP contribution in [-0.4, -0.2) is 42.3 Å². The molecule has 0 aliphatic carbocycles. The van der Waals surface area contributed by atoms with E-state index in [-0.39, 0.29) is 5.56 Å². The van der Waals surface area contributed by atoms with Crippen LogP contribution in [-0.2, 0) is 6.54 Å². The number of carbonyl (C=O) groups is 1. The van der Waals surface area contributed by atoms with Crippen molar-refractivity contribution in [3.8, 4) is 5.75 Å². The van der Waals surface area contributed by atoms with Gasteiger partial charge in [0.2, 0.25) is 0 Å². The first-order valence-electron chi connectivity index (χ1n) is 8.46. The second-order valence-electron chi connectivity index (χ2n) is 6.20. The first-order chi connectivity index (χ1) is 12.2. The van der Waals surface area contributed by atoms with Crippen LogP contribution in [0.2, 0.25) is 0 Å². The smallest absolute Gasteiger partial charge is 0.337 e. The van der Waals surface area contributed by atoms with E-state index in [1.165, 1.54) is 11.8 Å². The minimum atomic E-state index is -0.945. The predicted molar refractivity (Wildman–Crippen MR) is 96.3 cm³/mol. The van der Waals surface area contributed by atoms with Crippen molar-refractivity contribution in [3.63, 3.8) is 0 Å². The van der Waals surface area contributed by atoms with Crippen molar-refractivity contribution in [2.75, 3.05) is 25.1 Å². The van der Waals surface area contributed by atoms with E-state index in [0.717, 1.165) is 44.0 Å². The number of hydrogen-bond donors (Lipinski definition) is 2. The number of pyridine rings is 1. The summed E-state index contributed by atoms with van der Waals surface area (Å²) in [5.41, 5.74) is 1.44. The molecule has 2 N–H and O–H groups in total. The maximum Gasteiger partial charge on any atom is 0.337 e. The normalized spacial score (nSPS) is 15.2. The monoisotopic (exact) mass is 341 g/mol. The van der Waals surface area contributed by atoms with Gasteiger partial charge >= 0.3 is 5.97 Å². The number of rotatable bonds is 6. The van der Waals surface area contributed by atoms with Crippen LogP contribution in [0.4, 0.5) is 5.82 Å². The number of hydrogen-bond acceptors (Lipinski definition) is 5. The maximum absolute atomic E-state index is 10.9. The van der Waals surface area contributed by atoms with Crippen molar-refractivity contribution in [1.82, 2.24) is 10.3 Å². The van der Waals surface area contributed by atoms with Gasteiger partial charge in [-0.05, 0) is 42.7 Å². The van der Waals surface area contributed by atoms with Gasteiger partial charge in [-0.25, -0.2) is 9.78 Å². The molecule has 132 valence electrons. The van der Waals surface area contributed by atoms with Gasteiger partial charge in [0.25, 0.3) is 0 Å². The van der Waals surface area contributed by atoms with Gasteiger partial charge in [-0.2, -0.15) is 0 Å². The predicted octanol–water partition coefficient (Wildman–Crippen LogP) is 2.55. The van der Waals surface area contributed by atoms with Crippen LogP contribution in [0, 0.1) is 0 Å². The minimum absolute atomic E-state index is 0.221. The van der Waals surface area contributed by atoms with Gasteiger partial charge in [-0.15, -0.1) is 0 Å². The Hall–Kier alpha value is -2.60. The van der Waals surface area contributed by atoms with Crippen LogP contribution in [0.5, 0.6) is 5.75 Å². The van der Waals surface area contributed by atoms with Gasteiger partial charge in [0, 0.05) is 31.9 Å². The first-order valence-corrected chi connectivity index (χ1v) is 8.46. The molecule has 1 aromatic carbocycles. The molecule has 1 fully saturated rings. The molecule has 0 saturated carbocycles. The summed E-state index contributed by atoms with van der Waals surface area (Å²) in [6.07, 6.45) is 3.49. The van der Waals surface area contributed by atoms with E-state index in [1.54, 1.807) is 19.2 Å². The Morgan fingerprint density at radius 1 is 1.32 bits per heavy atom. The summed E-state index contributed by atoms with van der Waals surface area (Å²) in [6.45, 7) is 2.65. The number of ether oxygens (including phenoxy) is 1. The summed E-state index contributed by atoms with van der Waals surface area (Å²) in [5, 5.41) is 12.5. The molecule has 0 radical (unpaired) electrons. The van der Waals surface area contributed by atoms with Crippen LogP contribution in [0.15, 0.2) is 42.6 Å². The van der Waals surface area contributed by atoms with Crippen molar-refractivity contribution < 1.29 is 14.6 Å². The number of aromatic nitrogens is 1. The van der Waals surface area contributed by atoms with E-state index in [0.29, 0.717) is 6.04 Å². The Bertz CT molecular complexity index is 710. The summed E-state index contributed by atoms with van der Waals surface area (Å²) >= 11 is 0. The van der Waals surface area contributed by atoms with E-state index in [9.17, 15) is 4.79 Å². The van der Waals surface area contributed by atoms with E-state index in [2.05, 4.69) is 27.3 Å². The standard InChI is InChI=1S/C19H23N3O3/c1-25-17-4-2-3-14(11-17)12-20-16-7-9-22(10-8-16)18-6-5-15(13-21-18)19(23)24/h2-6,11,13,16,20H,7-10,12H2,1H3,(H,23,24). The molecule has 6 heteroatoms. The fourth-order valence-electron chi connectivity index (χ4n) is 3.06. The highest BCUT2D eigenvalue weighted by Gasteiger charge is 2.20. The Morgan fingerprint density at radius 3 is 2.76 bits per heavy atom. The number of aromatic carboxylic acids is 1. The van der Waals surface area contributed by atoms with Crippen LogP contribution in [0.25, 0.3) is 0 Å². The summed E-state index contributed by atoms with van der Waals surface area (Å²) in [4.78, 5) is 17.4. The second-order valence-corrected chi connectivity index (χ2v) is 6.20. The van der Waals surface area contributed by atoms with Crippen LogP contribution < -0.4 is 15.0 Å². The fourth-order valence-corrected chi connectivity index (χ4v) is 3.06. The second kappa shape index (κ2) is 7.98. The molecule has 0 unspecified atom stereocenters. The highest BCUT2D eigenvalue weighted by atomic mass is 16.5. The number of methoxy groups -OCH3 is 1. The summed E-state index contributed by atoms with van der Waals surface area (Å²) in [6, 6.07) is 12.0. The lowest BCUT2D eigenvalue weighted by molar-refractivity contribution is 0.0696. The van der Waals surface area contributed by atoms with Crippen molar-refractivity contribution >= 4 is 11.8 Å². The van der Waals surface area contributed by atoms with E-state index in [1.807, 2.05) is 12.1 Å². The number of nitrogens with one attached hydrogen (secondary N) is 1. The number of carboxylic acid groups (broad SMARTS) is 1. The average molecular weight is 341 g/mol. The Kier molecular flexibility index (Phi) is 5.50. The van der Waals surface area contributed by atoms with Crippen molar-refractivity contribution in [1.29, 1.82) is 0 Å². The van der Waals surface area contributed by atoms with Crippen molar-refractivity contribution in [2.45, 2.75) is 25.4 Å². The molecule has 1 aromatic heterocycles. The lowest BCUT2D eigenvalue weighted by Crippen LogP contribution is -2.42. The number of carboxylic acids is 1. The largest absolute Gasteiger partial charge is 0.497 e. The highest BCUT2D eigenvalue weighted by molar-refractivity contribution is 5.87. The molecule has 0 bridgehead atoms.